The molecule has 2 aromatic carbocycles. The summed E-state index contributed by atoms with van der Waals surface area (Å²) < 4.78 is 104. The molecule has 1 heterocycles. The molecule has 1 saturated heterocycles. The van der Waals surface area contributed by atoms with E-state index in [9.17, 15) is 31.1 Å². The smallest absolute Gasteiger partial charge is 0.371 e. The number of nitrogens with one attached hydrogen (secondary N) is 1. The Kier molecular flexibility index (Phi) is 8.80. The number of hydrogen-bond donors (Lipinski definition) is 1. The van der Waals surface area contributed by atoms with E-state index >= 15 is 0 Å². The maximum absolute atomic E-state index is 13.6. The molecule has 1 saturated carbocycles. The fraction of sp³-hybridized carbons (Fsp3) is 0.552. The zero-order valence-corrected chi connectivity index (χ0v) is 23.1. The molecule has 2 aromatic rings. The van der Waals surface area contributed by atoms with Crippen molar-refractivity contribution in [1.29, 1.82) is 0 Å². The summed E-state index contributed by atoms with van der Waals surface area (Å²) in [6, 6.07) is 9.07. The number of amides is 1. The number of halogens is 6. The van der Waals surface area contributed by atoms with Crippen LogP contribution in [-0.2, 0) is 49.3 Å². The van der Waals surface area contributed by atoms with Gasteiger partial charge in [-0.3, -0.25) is 4.79 Å². The number of hydrogen-bond acceptors (Lipinski definition) is 5. The Morgan fingerprint density at radius 2 is 1.49 bits per heavy atom. The quantitative estimate of drug-likeness (QED) is 0.361. The molecule has 226 valence electrons. The Bertz CT molecular complexity index is 1230. The number of carbonyl (C=O) groups excluding carboxylic acids is 1. The molecule has 0 bridgehead atoms. The minimum atomic E-state index is -4.55. The van der Waals surface area contributed by atoms with Crippen LogP contribution in [0.2, 0.25) is 0 Å². The lowest BCUT2D eigenvalue weighted by molar-refractivity contribution is -0.184. The molecule has 1 aliphatic heterocycles. The monoisotopic (exact) mass is 589 g/mol. The van der Waals surface area contributed by atoms with Gasteiger partial charge in [0, 0.05) is 18.9 Å². The molecule has 41 heavy (non-hydrogen) atoms. The highest BCUT2D eigenvalue weighted by molar-refractivity contribution is 5.85. The predicted octanol–water partition coefficient (Wildman–Crippen LogP) is 6.40. The van der Waals surface area contributed by atoms with Gasteiger partial charge >= 0.3 is 12.4 Å². The van der Waals surface area contributed by atoms with Crippen LogP contribution >= 0.6 is 0 Å². The molecule has 2 fully saturated rings. The van der Waals surface area contributed by atoms with Crippen molar-refractivity contribution in [3.63, 3.8) is 0 Å². The van der Waals surface area contributed by atoms with E-state index in [0.717, 1.165) is 24.3 Å². The Balaban J connectivity index is 1.62. The van der Waals surface area contributed by atoms with E-state index in [1.165, 1.54) is 24.3 Å². The van der Waals surface area contributed by atoms with Crippen LogP contribution in [-0.4, -0.2) is 41.6 Å². The van der Waals surface area contributed by atoms with E-state index in [1.54, 1.807) is 27.7 Å². The highest BCUT2D eigenvalue weighted by atomic mass is 19.4. The van der Waals surface area contributed by atoms with Crippen LogP contribution in [0.25, 0.3) is 0 Å². The van der Waals surface area contributed by atoms with Gasteiger partial charge in [0.25, 0.3) is 5.91 Å². The maximum atomic E-state index is 13.6. The first-order valence-electron chi connectivity index (χ1n) is 13.2. The summed E-state index contributed by atoms with van der Waals surface area (Å²) in [6.45, 7) is 6.37. The number of carbonyl (C=O) groups is 1. The van der Waals surface area contributed by atoms with Gasteiger partial charge in [0.1, 0.15) is 6.10 Å². The zero-order chi connectivity index (χ0) is 30.2. The number of fused-ring (bicyclic) bond motifs is 1. The van der Waals surface area contributed by atoms with Gasteiger partial charge in [0.2, 0.25) is 0 Å². The van der Waals surface area contributed by atoms with Gasteiger partial charge in [-0.25, -0.2) is 0 Å². The predicted molar refractivity (Wildman–Crippen MR) is 135 cm³/mol. The molecule has 0 unspecified atom stereocenters. The minimum Gasteiger partial charge on any atom is -0.371 e. The second kappa shape index (κ2) is 11.5. The number of rotatable bonds is 8. The molecule has 2 aliphatic rings. The molecule has 1 aliphatic carbocycles. The van der Waals surface area contributed by atoms with E-state index in [2.05, 4.69) is 5.32 Å². The zero-order valence-electron chi connectivity index (χ0n) is 23.1. The first kappa shape index (κ1) is 31.3. The van der Waals surface area contributed by atoms with Gasteiger partial charge in [-0.15, -0.1) is 0 Å². The van der Waals surface area contributed by atoms with Crippen molar-refractivity contribution < 1.29 is 50.1 Å². The van der Waals surface area contributed by atoms with Crippen LogP contribution in [0.5, 0.6) is 0 Å². The van der Waals surface area contributed by atoms with Crippen molar-refractivity contribution in [2.75, 3.05) is 0 Å². The van der Waals surface area contributed by atoms with Crippen LogP contribution in [0.15, 0.2) is 48.5 Å². The van der Waals surface area contributed by atoms with Crippen LogP contribution in [0, 0.1) is 0 Å². The summed E-state index contributed by atoms with van der Waals surface area (Å²) in [4.78, 5) is 13.6. The Morgan fingerprint density at radius 3 is 2.02 bits per heavy atom. The number of benzene rings is 2. The number of ether oxygens (including phenoxy) is 4. The van der Waals surface area contributed by atoms with Crippen LogP contribution in [0.1, 0.15) is 62.8 Å². The van der Waals surface area contributed by atoms with E-state index < -0.39 is 59.1 Å². The van der Waals surface area contributed by atoms with Gasteiger partial charge in [-0.1, -0.05) is 24.3 Å². The minimum absolute atomic E-state index is 0.0298. The van der Waals surface area contributed by atoms with Gasteiger partial charge < -0.3 is 24.3 Å². The Morgan fingerprint density at radius 1 is 0.927 bits per heavy atom. The summed E-state index contributed by atoms with van der Waals surface area (Å²) in [5.41, 5.74) is -2.77. The second-order valence-electron chi connectivity index (χ2n) is 11.2. The van der Waals surface area contributed by atoms with Gasteiger partial charge in [-0.2, -0.15) is 26.3 Å². The molecule has 1 amide bonds. The van der Waals surface area contributed by atoms with E-state index in [1.807, 2.05) is 0 Å². The normalized spacial score (nSPS) is 26.2. The largest absolute Gasteiger partial charge is 0.416 e. The lowest BCUT2D eigenvalue weighted by Crippen LogP contribution is -2.60. The highest BCUT2D eigenvalue weighted by Crippen LogP contribution is 2.44. The first-order chi connectivity index (χ1) is 19.0. The van der Waals surface area contributed by atoms with Crippen molar-refractivity contribution in [3.05, 3.63) is 70.8 Å². The Hall–Kier alpha value is -2.67. The molecule has 0 aromatic heterocycles. The molecular formula is C29H33F6NO5. The van der Waals surface area contributed by atoms with Crippen molar-refractivity contribution in [3.8, 4) is 0 Å². The van der Waals surface area contributed by atoms with Gasteiger partial charge in [0.15, 0.2) is 11.4 Å². The second-order valence-corrected chi connectivity index (χ2v) is 11.2. The van der Waals surface area contributed by atoms with Crippen molar-refractivity contribution in [1.82, 2.24) is 5.32 Å². The fourth-order valence-corrected chi connectivity index (χ4v) is 5.20. The topological polar surface area (TPSA) is 66.0 Å². The first-order valence-corrected chi connectivity index (χ1v) is 13.2. The molecule has 0 spiro atoms. The number of alkyl halides is 6. The molecule has 4 rings (SSSR count). The van der Waals surface area contributed by atoms with Crippen LogP contribution in [0.3, 0.4) is 0 Å². The van der Waals surface area contributed by atoms with E-state index in [4.69, 9.17) is 18.9 Å². The third-order valence-corrected chi connectivity index (χ3v) is 6.97. The van der Waals surface area contributed by atoms with Crippen molar-refractivity contribution >= 4 is 5.91 Å². The molecule has 0 radical (unpaired) electrons. The molecule has 12 heteroatoms. The lowest BCUT2D eigenvalue weighted by atomic mass is 9.78. The fourth-order valence-electron chi connectivity index (χ4n) is 5.20. The average Bonchev–Trinajstić information content (AvgIpc) is 3.18. The molecular weight excluding hydrogens is 556 g/mol. The van der Waals surface area contributed by atoms with E-state index in [0.29, 0.717) is 0 Å². The summed E-state index contributed by atoms with van der Waals surface area (Å²) in [5, 5.41) is 2.82. The van der Waals surface area contributed by atoms with Crippen LogP contribution in [0.4, 0.5) is 26.3 Å². The van der Waals surface area contributed by atoms with Crippen molar-refractivity contribution in [2.24, 2.45) is 0 Å². The molecule has 1 N–H and O–H groups in total. The molecule has 6 nitrogen and oxygen atoms in total. The maximum Gasteiger partial charge on any atom is 0.416 e. The highest BCUT2D eigenvalue weighted by Gasteiger charge is 2.58. The molecule has 4 atom stereocenters. The third kappa shape index (κ3) is 7.59. The third-order valence-electron chi connectivity index (χ3n) is 6.97. The standard InChI is InChI=1S/C29H33F6NO5/c1-17(2)36-25(37)27(39-16-19-8-6-10-21(12-19)29(33,34)35)13-22(24-23(14-27)40-26(3,4)41-24)38-15-18-7-5-9-20(11-18)28(30,31)32/h5-12,17,22-24H,13-16H2,1-4H3,(H,36,37)/t22-,23-,24+,27-/m1/s1. The lowest BCUT2D eigenvalue weighted by Gasteiger charge is -2.43. The SMILES string of the molecule is CC(C)NC(=O)[C@@]1(OCc2cccc(C(F)(F)F)c2)C[C@@H](OCc2cccc(C(F)(F)F)c2)[C@@H]2OC(C)(C)O[C@@H]2C1. The van der Waals surface area contributed by atoms with Gasteiger partial charge in [-0.05, 0) is 63.1 Å². The van der Waals surface area contributed by atoms with Crippen LogP contribution < -0.4 is 5.32 Å². The van der Waals surface area contributed by atoms with E-state index in [-0.39, 0.29) is 43.2 Å². The van der Waals surface area contributed by atoms with Crippen molar-refractivity contribution in [2.45, 2.75) is 102 Å². The Labute approximate surface area is 234 Å². The summed E-state index contributed by atoms with van der Waals surface area (Å²) in [7, 11) is 0. The van der Waals surface area contributed by atoms with Gasteiger partial charge in [0.05, 0.1) is 36.5 Å². The summed E-state index contributed by atoms with van der Waals surface area (Å²) in [6.07, 6.45) is -11.3. The summed E-state index contributed by atoms with van der Waals surface area (Å²) in [5.74, 6) is -1.54. The summed E-state index contributed by atoms with van der Waals surface area (Å²) >= 11 is 0. The average molecular weight is 590 g/mol.